The fraction of sp³-hybridized carbons (Fsp3) is 0.375. The molecule has 2 aromatic carbocycles. The molecule has 2 rings (SSSR count). The molecule has 0 aliphatic carbocycles. The third-order valence-electron chi connectivity index (χ3n) is 4.54. The molecule has 166 valence electrons. The van der Waals surface area contributed by atoms with Crippen molar-refractivity contribution in [3.8, 4) is 17.2 Å². The fourth-order valence-corrected chi connectivity index (χ4v) is 2.99. The van der Waals surface area contributed by atoms with Gasteiger partial charge in [0.05, 0.1) is 5.56 Å². The maximum atomic E-state index is 12.2. The minimum Gasteiger partial charge on any atom is -0.427 e. The minimum absolute atomic E-state index is 0.238. The summed E-state index contributed by atoms with van der Waals surface area (Å²) in [6.45, 7) is 2.19. The largest absolute Gasteiger partial charge is 0.427 e. The number of carbonyl (C=O) groups excluding carboxylic acids is 3. The predicted octanol–water partition coefficient (Wildman–Crippen LogP) is 6.69. The van der Waals surface area contributed by atoms with E-state index in [-0.39, 0.29) is 17.5 Å². The first kappa shape index (κ1) is 24.4. The molecule has 0 aromatic heterocycles. The number of ether oxygens (including phenoxy) is 3. The average molecular weight is 447 g/mol. The highest BCUT2D eigenvalue weighted by Gasteiger charge is 2.11. The van der Waals surface area contributed by atoms with Crippen LogP contribution < -0.4 is 14.2 Å². The Labute approximate surface area is 187 Å². The van der Waals surface area contributed by atoms with Gasteiger partial charge in [-0.2, -0.15) is 0 Å². The lowest BCUT2D eigenvalue weighted by atomic mass is 10.1. The van der Waals surface area contributed by atoms with E-state index >= 15 is 0 Å². The average Bonchev–Trinajstić information content (AvgIpc) is 2.74. The van der Waals surface area contributed by atoms with Crippen LogP contribution in [0.25, 0.3) is 0 Å². The zero-order valence-corrected chi connectivity index (χ0v) is 18.4. The maximum Gasteiger partial charge on any atom is 0.409 e. The zero-order valence-electron chi connectivity index (χ0n) is 17.6. The van der Waals surface area contributed by atoms with Gasteiger partial charge < -0.3 is 14.2 Å². The minimum atomic E-state index is -0.951. The van der Waals surface area contributed by atoms with Gasteiger partial charge >= 0.3 is 17.4 Å². The molecule has 0 aliphatic rings. The van der Waals surface area contributed by atoms with Gasteiger partial charge in [-0.05, 0) is 55.0 Å². The topological polar surface area (TPSA) is 78.9 Å². The van der Waals surface area contributed by atoms with Gasteiger partial charge in [0.1, 0.15) is 17.2 Å². The Kier molecular flexibility index (Phi) is 10.6. The van der Waals surface area contributed by atoms with E-state index in [9.17, 15) is 14.4 Å². The first-order valence-electron chi connectivity index (χ1n) is 10.5. The quantitative estimate of drug-likeness (QED) is 0.156. The Morgan fingerprint density at radius 3 is 1.74 bits per heavy atom. The van der Waals surface area contributed by atoms with Crippen LogP contribution >= 0.6 is 11.6 Å². The lowest BCUT2D eigenvalue weighted by molar-refractivity contribution is -0.134. The van der Waals surface area contributed by atoms with Gasteiger partial charge in [0.2, 0.25) is 0 Å². The van der Waals surface area contributed by atoms with E-state index < -0.39 is 11.4 Å². The van der Waals surface area contributed by atoms with Gasteiger partial charge in [-0.15, -0.1) is 0 Å². The van der Waals surface area contributed by atoms with Crippen molar-refractivity contribution in [2.24, 2.45) is 0 Å². The Bertz CT molecular complexity index is 845. The van der Waals surface area contributed by atoms with Crippen molar-refractivity contribution in [2.75, 3.05) is 0 Å². The van der Waals surface area contributed by atoms with Gasteiger partial charge in [-0.3, -0.25) is 4.79 Å². The van der Waals surface area contributed by atoms with Crippen LogP contribution in [-0.2, 0) is 4.79 Å². The Morgan fingerprint density at radius 2 is 1.16 bits per heavy atom. The molecule has 7 heteroatoms. The molecule has 0 saturated carbocycles. The number of esters is 2. The van der Waals surface area contributed by atoms with Gasteiger partial charge in [0.15, 0.2) is 0 Å². The van der Waals surface area contributed by atoms with Crippen molar-refractivity contribution in [3.63, 3.8) is 0 Å². The van der Waals surface area contributed by atoms with E-state index in [1.54, 1.807) is 12.1 Å². The number of hydrogen-bond acceptors (Lipinski definition) is 6. The molecule has 0 N–H and O–H groups in total. The molecule has 0 fully saturated rings. The van der Waals surface area contributed by atoms with Crippen molar-refractivity contribution in [1.29, 1.82) is 0 Å². The standard InChI is InChI=1S/C24H27ClO6/c1-2-3-4-5-6-7-8-9-22(26)29-19-12-10-18(11-13-19)23(27)30-20-14-16-21(17-15-20)31-24(25)28/h10-17H,2-9H2,1H3. The molecule has 0 spiro atoms. The molecule has 0 bridgehead atoms. The van der Waals surface area contributed by atoms with Crippen molar-refractivity contribution in [3.05, 3.63) is 54.1 Å². The molecule has 0 radical (unpaired) electrons. The Hall–Kier alpha value is -2.86. The molecule has 0 heterocycles. The third kappa shape index (κ3) is 9.66. The highest BCUT2D eigenvalue weighted by atomic mass is 35.5. The molecule has 0 amide bonds. The molecule has 0 atom stereocenters. The number of rotatable bonds is 12. The van der Waals surface area contributed by atoms with E-state index in [2.05, 4.69) is 6.92 Å². The Balaban J connectivity index is 1.74. The fourth-order valence-electron chi connectivity index (χ4n) is 2.90. The van der Waals surface area contributed by atoms with E-state index in [1.165, 1.54) is 62.1 Å². The first-order chi connectivity index (χ1) is 15.0. The second kappa shape index (κ2) is 13.4. The lowest BCUT2D eigenvalue weighted by Crippen LogP contribution is -2.10. The summed E-state index contributed by atoms with van der Waals surface area (Å²) in [5.41, 5.74) is -0.643. The third-order valence-corrected chi connectivity index (χ3v) is 4.62. The molecule has 0 saturated heterocycles. The number of benzene rings is 2. The lowest BCUT2D eigenvalue weighted by Gasteiger charge is -2.07. The van der Waals surface area contributed by atoms with Gasteiger partial charge in [0, 0.05) is 18.0 Å². The number of unbranched alkanes of at least 4 members (excludes halogenated alkanes) is 6. The molecule has 6 nitrogen and oxygen atoms in total. The summed E-state index contributed by atoms with van der Waals surface area (Å²) in [7, 11) is 0. The van der Waals surface area contributed by atoms with E-state index in [0.717, 1.165) is 19.3 Å². The molecular formula is C24H27ClO6. The number of halogens is 1. The summed E-state index contributed by atoms with van der Waals surface area (Å²) in [6, 6.07) is 12.0. The van der Waals surface area contributed by atoms with E-state index in [4.69, 9.17) is 25.8 Å². The van der Waals surface area contributed by atoms with Crippen LogP contribution in [0.5, 0.6) is 17.2 Å². The molecule has 31 heavy (non-hydrogen) atoms. The smallest absolute Gasteiger partial charge is 0.409 e. The second-order valence-corrected chi connectivity index (χ2v) is 7.38. The Morgan fingerprint density at radius 1 is 0.677 bits per heavy atom. The molecule has 0 aliphatic heterocycles. The number of hydrogen-bond donors (Lipinski definition) is 0. The number of carbonyl (C=O) groups is 3. The SMILES string of the molecule is CCCCCCCCCC(=O)Oc1ccc(C(=O)Oc2ccc(OC(=O)Cl)cc2)cc1. The summed E-state index contributed by atoms with van der Waals surface area (Å²) in [4.78, 5) is 34.9. The second-order valence-electron chi connectivity index (χ2n) is 7.07. The summed E-state index contributed by atoms with van der Waals surface area (Å²) < 4.78 is 15.3. The normalized spacial score (nSPS) is 10.4. The predicted molar refractivity (Wildman–Crippen MR) is 118 cm³/mol. The van der Waals surface area contributed by atoms with Gasteiger partial charge in [-0.25, -0.2) is 9.59 Å². The van der Waals surface area contributed by atoms with E-state index in [0.29, 0.717) is 17.7 Å². The summed E-state index contributed by atoms with van der Waals surface area (Å²) in [6.07, 6.45) is 8.33. The molecule has 2 aromatic rings. The van der Waals surface area contributed by atoms with Crippen LogP contribution in [-0.4, -0.2) is 17.4 Å². The van der Waals surface area contributed by atoms with Crippen LogP contribution in [0.3, 0.4) is 0 Å². The maximum absolute atomic E-state index is 12.2. The molecule has 0 unspecified atom stereocenters. The zero-order chi connectivity index (χ0) is 22.5. The summed E-state index contributed by atoms with van der Waals surface area (Å²) >= 11 is 5.14. The van der Waals surface area contributed by atoms with Crippen molar-refractivity contribution < 1.29 is 28.6 Å². The van der Waals surface area contributed by atoms with Crippen molar-refractivity contribution in [1.82, 2.24) is 0 Å². The highest BCUT2D eigenvalue weighted by molar-refractivity contribution is 6.61. The van der Waals surface area contributed by atoms with Crippen LogP contribution in [0, 0.1) is 0 Å². The van der Waals surface area contributed by atoms with Gasteiger partial charge in [0.25, 0.3) is 0 Å². The monoisotopic (exact) mass is 446 g/mol. The summed E-state index contributed by atoms with van der Waals surface area (Å²) in [5, 5.41) is 0. The van der Waals surface area contributed by atoms with Crippen LogP contribution in [0.1, 0.15) is 68.6 Å². The van der Waals surface area contributed by atoms with Crippen LogP contribution in [0.2, 0.25) is 0 Å². The van der Waals surface area contributed by atoms with Gasteiger partial charge in [-0.1, -0.05) is 45.4 Å². The van der Waals surface area contributed by atoms with E-state index in [1.807, 2.05) is 0 Å². The van der Waals surface area contributed by atoms with Crippen molar-refractivity contribution >= 4 is 29.0 Å². The van der Waals surface area contributed by atoms with Crippen LogP contribution in [0.15, 0.2) is 48.5 Å². The van der Waals surface area contributed by atoms with Crippen LogP contribution in [0.4, 0.5) is 4.79 Å². The summed E-state index contributed by atoms with van der Waals surface area (Å²) in [5.74, 6) is 0.0634. The molecular weight excluding hydrogens is 420 g/mol. The van der Waals surface area contributed by atoms with Crippen molar-refractivity contribution in [2.45, 2.75) is 58.3 Å². The first-order valence-corrected chi connectivity index (χ1v) is 10.9. The highest BCUT2D eigenvalue weighted by Crippen LogP contribution is 2.20.